The highest BCUT2D eigenvalue weighted by Crippen LogP contribution is 2.27. The molecule has 0 bridgehead atoms. The van der Waals surface area contributed by atoms with Gasteiger partial charge in [0, 0.05) is 31.3 Å². The van der Waals surface area contributed by atoms with E-state index in [1.54, 1.807) is 13.8 Å². The third kappa shape index (κ3) is 7.86. The Morgan fingerprint density at radius 1 is 1.18 bits per heavy atom. The van der Waals surface area contributed by atoms with Crippen molar-refractivity contribution < 1.29 is 32.7 Å². The van der Waals surface area contributed by atoms with E-state index in [1.807, 2.05) is 20.8 Å². The van der Waals surface area contributed by atoms with E-state index in [0.717, 1.165) is 0 Å². The molecule has 1 unspecified atom stereocenters. The molecule has 1 aromatic rings. The van der Waals surface area contributed by atoms with Gasteiger partial charge in [0.15, 0.2) is 0 Å². The van der Waals surface area contributed by atoms with Crippen molar-refractivity contribution in [2.24, 2.45) is 0 Å². The summed E-state index contributed by atoms with van der Waals surface area (Å²) in [4.78, 5) is 31.3. The van der Waals surface area contributed by atoms with Gasteiger partial charge in [-0.2, -0.15) is 4.98 Å². The fraction of sp³-hybridized carbons (Fsp3) is 0.818. The van der Waals surface area contributed by atoms with Crippen LogP contribution in [0.1, 0.15) is 78.1 Å². The summed E-state index contributed by atoms with van der Waals surface area (Å²) in [6, 6.07) is -2.98. The zero-order chi connectivity index (χ0) is 25.5. The van der Waals surface area contributed by atoms with Crippen molar-refractivity contribution in [1.82, 2.24) is 25.7 Å². The lowest BCUT2D eigenvalue weighted by molar-refractivity contribution is -0.127. The number of morpholine rings is 1. The molecule has 10 nitrogen and oxygen atoms in total. The van der Waals surface area contributed by atoms with Crippen LogP contribution in [0.4, 0.5) is 13.6 Å². The summed E-state index contributed by atoms with van der Waals surface area (Å²) < 4.78 is 39.3. The van der Waals surface area contributed by atoms with Gasteiger partial charge in [-0.25, -0.2) is 13.6 Å². The molecule has 34 heavy (non-hydrogen) atoms. The Morgan fingerprint density at radius 2 is 1.82 bits per heavy atom. The number of urea groups is 1. The predicted molar refractivity (Wildman–Crippen MR) is 119 cm³/mol. The second kappa shape index (κ2) is 11.9. The van der Waals surface area contributed by atoms with Gasteiger partial charge in [0.25, 0.3) is 5.92 Å². The summed E-state index contributed by atoms with van der Waals surface area (Å²) in [6.45, 7) is 10.2. The lowest BCUT2D eigenvalue weighted by atomic mass is 9.97. The van der Waals surface area contributed by atoms with Crippen molar-refractivity contribution >= 4 is 11.9 Å². The van der Waals surface area contributed by atoms with Gasteiger partial charge in [0.1, 0.15) is 12.1 Å². The van der Waals surface area contributed by atoms with Crippen molar-refractivity contribution in [2.75, 3.05) is 26.3 Å². The standard InChI is InChI=1S/C22H37F2N5O5/c1-6-8-22(23,24)13-15(26-20(32)29-9-11-33-12-10-29)18(31)25-14(7-2)16(30)17-27-19(34-28-17)21(3,4)5/h14-16,30H,6-13H2,1-5H3,(H,25,31)(H,26,32)/t14-,15?,16-/m0/s1. The molecule has 1 aromatic heterocycles. The summed E-state index contributed by atoms with van der Waals surface area (Å²) in [5.41, 5.74) is -0.435. The first kappa shape index (κ1) is 27.9. The molecule has 3 N–H and O–H groups in total. The van der Waals surface area contributed by atoms with Gasteiger partial charge in [0.2, 0.25) is 17.6 Å². The molecule has 0 saturated carbocycles. The summed E-state index contributed by atoms with van der Waals surface area (Å²) in [5.74, 6) is -3.66. The minimum absolute atomic E-state index is 0.0118. The minimum atomic E-state index is -3.15. The van der Waals surface area contributed by atoms with E-state index in [2.05, 4.69) is 20.8 Å². The Kier molecular flexibility index (Phi) is 9.74. The topological polar surface area (TPSA) is 130 Å². The normalized spacial score (nSPS) is 17.7. The van der Waals surface area contributed by atoms with Crippen molar-refractivity contribution in [1.29, 1.82) is 0 Å². The number of halogens is 2. The molecule has 1 aliphatic heterocycles. The summed E-state index contributed by atoms with van der Waals surface area (Å²) >= 11 is 0. The summed E-state index contributed by atoms with van der Waals surface area (Å²) in [7, 11) is 0. The number of rotatable bonds is 10. The van der Waals surface area contributed by atoms with Crippen molar-refractivity contribution in [3.8, 4) is 0 Å². The van der Waals surface area contributed by atoms with E-state index in [9.17, 15) is 23.5 Å². The van der Waals surface area contributed by atoms with Crippen molar-refractivity contribution in [2.45, 2.75) is 89.8 Å². The minimum Gasteiger partial charge on any atom is -0.383 e. The molecule has 2 heterocycles. The molecule has 1 aliphatic rings. The number of carbonyl (C=O) groups is 2. The smallest absolute Gasteiger partial charge is 0.318 e. The van der Waals surface area contributed by atoms with Crippen LogP contribution in [0.3, 0.4) is 0 Å². The number of alkyl halides is 2. The van der Waals surface area contributed by atoms with Crippen LogP contribution in [-0.2, 0) is 14.9 Å². The quantitative estimate of drug-likeness (QED) is 0.460. The Balaban J connectivity index is 2.15. The van der Waals surface area contributed by atoms with Crippen LogP contribution in [0.5, 0.6) is 0 Å². The van der Waals surface area contributed by atoms with Crippen LogP contribution in [-0.4, -0.2) is 76.4 Å². The van der Waals surface area contributed by atoms with Gasteiger partial charge in [-0.05, 0) is 6.42 Å². The first-order chi connectivity index (χ1) is 15.9. The van der Waals surface area contributed by atoms with E-state index in [-0.39, 0.29) is 18.7 Å². The number of aliphatic hydroxyl groups excluding tert-OH is 1. The zero-order valence-electron chi connectivity index (χ0n) is 20.6. The average molecular weight is 490 g/mol. The van der Waals surface area contributed by atoms with Crippen LogP contribution in [0.15, 0.2) is 4.52 Å². The molecule has 12 heteroatoms. The number of aromatic nitrogens is 2. The second-order valence-corrected chi connectivity index (χ2v) is 9.59. The fourth-order valence-electron chi connectivity index (χ4n) is 3.51. The van der Waals surface area contributed by atoms with Crippen LogP contribution < -0.4 is 10.6 Å². The number of carbonyl (C=O) groups excluding carboxylic acids is 2. The first-order valence-corrected chi connectivity index (χ1v) is 11.7. The van der Waals surface area contributed by atoms with Crippen LogP contribution in [0.25, 0.3) is 0 Å². The van der Waals surface area contributed by atoms with E-state index in [1.165, 1.54) is 4.90 Å². The monoisotopic (exact) mass is 489 g/mol. The van der Waals surface area contributed by atoms with Crippen LogP contribution in [0, 0.1) is 0 Å². The molecule has 0 aliphatic carbocycles. The zero-order valence-corrected chi connectivity index (χ0v) is 20.6. The van der Waals surface area contributed by atoms with Crippen LogP contribution >= 0.6 is 0 Å². The number of aliphatic hydroxyl groups is 1. The number of amides is 3. The van der Waals surface area contributed by atoms with Gasteiger partial charge in [0.05, 0.1) is 19.3 Å². The van der Waals surface area contributed by atoms with Gasteiger partial charge in [-0.1, -0.05) is 46.2 Å². The maximum absolute atomic E-state index is 14.4. The molecule has 2 rings (SSSR count). The Labute approximate surface area is 198 Å². The van der Waals surface area contributed by atoms with Gasteiger partial charge >= 0.3 is 6.03 Å². The Bertz CT molecular complexity index is 808. The third-order valence-corrected chi connectivity index (χ3v) is 5.53. The molecule has 0 radical (unpaired) electrons. The molecule has 194 valence electrons. The number of ether oxygens (including phenoxy) is 1. The highest BCUT2D eigenvalue weighted by molar-refractivity contribution is 5.87. The van der Waals surface area contributed by atoms with E-state index in [0.29, 0.717) is 32.2 Å². The maximum atomic E-state index is 14.4. The largest absolute Gasteiger partial charge is 0.383 e. The first-order valence-electron chi connectivity index (χ1n) is 11.7. The SMILES string of the molecule is CCCC(F)(F)CC(NC(=O)N1CCOCC1)C(=O)N[C@@H](CC)[C@H](O)c1noc(C(C)(C)C)n1. The third-order valence-electron chi connectivity index (χ3n) is 5.53. The fourth-order valence-corrected chi connectivity index (χ4v) is 3.51. The van der Waals surface area contributed by atoms with Crippen molar-refractivity contribution in [3.63, 3.8) is 0 Å². The number of nitrogens with one attached hydrogen (secondary N) is 2. The molecular formula is C22H37F2N5O5. The van der Waals surface area contributed by atoms with Gasteiger partial charge in [-0.3, -0.25) is 4.79 Å². The highest BCUT2D eigenvalue weighted by Gasteiger charge is 2.38. The second-order valence-electron chi connectivity index (χ2n) is 9.59. The molecule has 3 amide bonds. The molecule has 1 fully saturated rings. The maximum Gasteiger partial charge on any atom is 0.318 e. The molecule has 3 atom stereocenters. The van der Waals surface area contributed by atoms with Gasteiger partial charge in [-0.15, -0.1) is 0 Å². The van der Waals surface area contributed by atoms with Gasteiger partial charge < -0.3 is 29.9 Å². The molecular weight excluding hydrogens is 452 g/mol. The molecule has 1 saturated heterocycles. The van der Waals surface area contributed by atoms with E-state index >= 15 is 0 Å². The predicted octanol–water partition coefficient (Wildman–Crippen LogP) is 2.53. The van der Waals surface area contributed by atoms with Crippen molar-refractivity contribution in [3.05, 3.63) is 11.7 Å². The van der Waals surface area contributed by atoms with E-state index < -0.39 is 54.3 Å². The number of hydrogen-bond acceptors (Lipinski definition) is 7. The number of nitrogens with zero attached hydrogens (tertiary/aromatic N) is 3. The average Bonchev–Trinajstić information content (AvgIpc) is 3.27. The lowest BCUT2D eigenvalue weighted by Crippen LogP contribution is -2.56. The summed E-state index contributed by atoms with van der Waals surface area (Å²) in [6.07, 6.45) is -2.10. The Morgan fingerprint density at radius 3 is 2.35 bits per heavy atom. The van der Waals surface area contributed by atoms with Crippen LogP contribution in [0.2, 0.25) is 0 Å². The molecule has 0 spiro atoms. The number of hydrogen-bond donors (Lipinski definition) is 3. The highest BCUT2D eigenvalue weighted by atomic mass is 19.3. The Hall–Kier alpha value is -2.34. The lowest BCUT2D eigenvalue weighted by Gasteiger charge is -2.31. The molecule has 0 aromatic carbocycles. The summed E-state index contributed by atoms with van der Waals surface area (Å²) in [5, 5.41) is 19.6. The van der Waals surface area contributed by atoms with E-state index in [4.69, 9.17) is 9.26 Å².